The van der Waals surface area contributed by atoms with Crippen molar-refractivity contribution in [2.45, 2.75) is 25.2 Å². The highest BCUT2D eigenvalue weighted by atomic mass is 32.2. The van der Waals surface area contributed by atoms with Crippen molar-refractivity contribution in [3.05, 3.63) is 60.2 Å². The highest BCUT2D eigenvalue weighted by Gasteiger charge is 2.32. The molecule has 1 aromatic heterocycles. The van der Waals surface area contributed by atoms with Gasteiger partial charge in [-0.2, -0.15) is 4.98 Å². The van der Waals surface area contributed by atoms with Gasteiger partial charge in [0.05, 0.1) is 12.8 Å². The average molecular weight is 435 g/mol. The lowest BCUT2D eigenvalue weighted by molar-refractivity contribution is -0.117. The van der Waals surface area contributed by atoms with Crippen LogP contribution in [0.25, 0.3) is 17.3 Å². The molecule has 1 atom stereocenters. The fourth-order valence-corrected chi connectivity index (χ4v) is 3.81. The van der Waals surface area contributed by atoms with Gasteiger partial charge in [0.2, 0.25) is 16.9 Å². The minimum absolute atomic E-state index is 0.152. The third-order valence-electron chi connectivity index (χ3n) is 4.72. The first kappa shape index (κ1) is 20.9. The van der Waals surface area contributed by atoms with E-state index in [-0.39, 0.29) is 5.91 Å². The van der Waals surface area contributed by atoms with Crippen LogP contribution in [0.2, 0.25) is 0 Å². The zero-order valence-electron chi connectivity index (χ0n) is 17.5. The van der Waals surface area contributed by atoms with Gasteiger partial charge in [-0.3, -0.25) is 9.69 Å². The number of carbonyl (C=O) groups is 1. The molecule has 0 bridgehead atoms. The van der Waals surface area contributed by atoms with Crippen molar-refractivity contribution in [3.8, 4) is 22.9 Å². The molecule has 3 aromatic rings. The van der Waals surface area contributed by atoms with Crippen molar-refractivity contribution in [2.24, 2.45) is 0 Å². The second kappa shape index (κ2) is 9.18. The molecule has 31 heavy (non-hydrogen) atoms. The quantitative estimate of drug-likeness (QED) is 0.549. The Hall–Kier alpha value is -3.39. The van der Waals surface area contributed by atoms with Crippen LogP contribution < -0.4 is 14.4 Å². The Labute approximate surface area is 185 Å². The summed E-state index contributed by atoms with van der Waals surface area (Å²) in [6, 6.07) is 15.2. The predicted molar refractivity (Wildman–Crippen MR) is 121 cm³/mol. The van der Waals surface area contributed by atoms with Gasteiger partial charge < -0.3 is 9.47 Å². The Balaban J connectivity index is 1.79. The molecule has 0 radical (unpaired) electrons. The minimum Gasteiger partial charge on any atom is -0.497 e. The molecule has 8 heteroatoms. The smallest absolute Gasteiger partial charge is 0.247 e. The molecule has 1 amide bonds. The second-order valence-corrected chi connectivity index (χ2v) is 7.96. The van der Waals surface area contributed by atoms with E-state index in [1.54, 1.807) is 12.0 Å². The summed E-state index contributed by atoms with van der Waals surface area (Å²) in [5.41, 5.74) is 2.92. The summed E-state index contributed by atoms with van der Waals surface area (Å²) in [6.07, 6.45) is 3.05. The molecule has 7 nitrogen and oxygen atoms in total. The van der Waals surface area contributed by atoms with Crippen LogP contribution in [0.4, 0.5) is 5.69 Å². The van der Waals surface area contributed by atoms with Crippen LogP contribution in [-0.2, 0) is 4.79 Å². The van der Waals surface area contributed by atoms with Crippen LogP contribution in [0.3, 0.4) is 0 Å². The number of ether oxygens (including phenoxy) is 2. The molecular weight excluding hydrogens is 412 g/mol. The van der Waals surface area contributed by atoms with Crippen molar-refractivity contribution in [2.75, 3.05) is 17.8 Å². The largest absolute Gasteiger partial charge is 0.497 e. The number of methoxy groups -OCH3 is 1. The molecule has 0 saturated heterocycles. The van der Waals surface area contributed by atoms with E-state index in [1.807, 2.05) is 67.6 Å². The minimum atomic E-state index is -0.696. The molecule has 0 saturated carbocycles. The predicted octanol–water partition coefficient (Wildman–Crippen LogP) is 4.44. The van der Waals surface area contributed by atoms with E-state index in [0.717, 1.165) is 22.6 Å². The lowest BCUT2D eigenvalue weighted by Crippen LogP contribution is -2.41. The van der Waals surface area contributed by atoms with Gasteiger partial charge in [-0.15, -0.1) is 10.2 Å². The summed E-state index contributed by atoms with van der Waals surface area (Å²) < 4.78 is 11.4. The van der Waals surface area contributed by atoms with Gasteiger partial charge >= 0.3 is 0 Å². The lowest BCUT2D eigenvalue weighted by atomic mass is 10.1. The SMILES string of the molecule is CCSc1nnc2c(n1)O[C@@H](/C=C/c1ccc(OC)cc1)N(C(C)=O)c1ccccc1-2. The molecule has 1 aliphatic heterocycles. The summed E-state index contributed by atoms with van der Waals surface area (Å²) in [5.74, 6) is 1.80. The number of rotatable bonds is 5. The Morgan fingerprint density at radius 2 is 1.97 bits per heavy atom. The van der Waals surface area contributed by atoms with E-state index in [9.17, 15) is 4.79 Å². The summed E-state index contributed by atoms with van der Waals surface area (Å²) in [6.45, 7) is 3.54. The summed E-state index contributed by atoms with van der Waals surface area (Å²) >= 11 is 1.48. The van der Waals surface area contributed by atoms with Gasteiger partial charge in [0.15, 0.2) is 11.9 Å². The lowest BCUT2D eigenvalue weighted by Gasteiger charge is -2.27. The van der Waals surface area contributed by atoms with Crippen molar-refractivity contribution in [3.63, 3.8) is 0 Å². The molecule has 0 aliphatic carbocycles. The van der Waals surface area contributed by atoms with Gasteiger partial charge in [0.1, 0.15) is 5.75 Å². The van der Waals surface area contributed by atoms with E-state index in [4.69, 9.17) is 9.47 Å². The summed E-state index contributed by atoms with van der Waals surface area (Å²) in [7, 11) is 1.63. The Morgan fingerprint density at radius 3 is 2.68 bits per heavy atom. The van der Waals surface area contributed by atoms with Crippen LogP contribution in [0.15, 0.2) is 59.8 Å². The Kier molecular flexibility index (Phi) is 6.18. The molecule has 158 valence electrons. The number of thioether (sulfide) groups is 1. The van der Waals surface area contributed by atoms with Crippen LogP contribution in [0.1, 0.15) is 19.4 Å². The van der Waals surface area contributed by atoms with Gasteiger partial charge in [-0.05, 0) is 35.6 Å². The fraction of sp³-hybridized carbons (Fsp3) is 0.217. The topological polar surface area (TPSA) is 77.4 Å². The number of para-hydroxylation sites is 1. The van der Waals surface area contributed by atoms with E-state index in [0.29, 0.717) is 22.4 Å². The number of anilines is 1. The number of benzene rings is 2. The van der Waals surface area contributed by atoms with Gasteiger partial charge in [-0.1, -0.05) is 55.1 Å². The molecule has 4 rings (SSSR count). The first-order valence-electron chi connectivity index (χ1n) is 9.86. The average Bonchev–Trinajstić information content (AvgIpc) is 2.92. The van der Waals surface area contributed by atoms with Gasteiger partial charge in [-0.25, -0.2) is 0 Å². The number of fused-ring (bicyclic) bond motifs is 3. The maximum Gasteiger partial charge on any atom is 0.247 e. The van der Waals surface area contributed by atoms with Gasteiger partial charge in [0, 0.05) is 12.5 Å². The van der Waals surface area contributed by atoms with Gasteiger partial charge in [0.25, 0.3) is 0 Å². The normalized spacial score (nSPS) is 15.1. The summed E-state index contributed by atoms with van der Waals surface area (Å²) in [4.78, 5) is 18.8. The van der Waals surface area contributed by atoms with Crippen molar-refractivity contribution >= 4 is 29.4 Å². The molecule has 0 spiro atoms. The Bertz CT molecular complexity index is 1120. The summed E-state index contributed by atoms with van der Waals surface area (Å²) in [5, 5.41) is 9.12. The molecule has 0 unspecified atom stereocenters. The van der Waals surface area contributed by atoms with E-state index in [1.165, 1.54) is 18.7 Å². The van der Waals surface area contributed by atoms with E-state index >= 15 is 0 Å². The zero-order valence-corrected chi connectivity index (χ0v) is 18.3. The first-order chi connectivity index (χ1) is 15.1. The highest BCUT2D eigenvalue weighted by molar-refractivity contribution is 7.99. The molecule has 0 fully saturated rings. The molecular formula is C23H22N4O3S. The highest BCUT2D eigenvalue weighted by Crippen LogP contribution is 2.39. The monoisotopic (exact) mass is 434 g/mol. The fourth-order valence-electron chi connectivity index (χ4n) is 3.31. The van der Waals surface area contributed by atoms with E-state index < -0.39 is 6.23 Å². The number of hydrogen-bond acceptors (Lipinski definition) is 7. The first-order valence-corrected chi connectivity index (χ1v) is 10.8. The maximum absolute atomic E-state index is 12.7. The molecule has 2 heterocycles. The number of nitrogens with zero attached hydrogens (tertiary/aromatic N) is 4. The zero-order chi connectivity index (χ0) is 21.8. The Morgan fingerprint density at radius 1 is 1.19 bits per heavy atom. The van der Waals surface area contributed by atoms with Crippen LogP contribution in [-0.4, -0.2) is 40.2 Å². The standard InChI is InChI=1S/C23H22N4O3S/c1-4-31-23-24-22-21(25-26-23)18-7-5-6-8-19(18)27(15(2)28)20(30-22)14-11-16-9-12-17(29-3)13-10-16/h5-14,20H,4H2,1-3H3/b14-11+/t20-/m0/s1. The molecule has 1 aliphatic rings. The van der Waals surface area contributed by atoms with Crippen molar-refractivity contribution in [1.82, 2.24) is 15.2 Å². The van der Waals surface area contributed by atoms with E-state index in [2.05, 4.69) is 15.2 Å². The number of amides is 1. The number of carbonyl (C=O) groups excluding carboxylic acids is 1. The van der Waals surface area contributed by atoms with Crippen molar-refractivity contribution in [1.29, 1.82) is 0 Å². The van der Waals surface area contributed by atoms with Crippen molar-refractivity contribution < 1.29 is 14.3 Å². The maximum atomic E-state index is 12.7. The van der Waals surface area contributed by atoms with Crippen LogP contribution in [0, 0.1) is 0 Å². The molecule has 0 N–H and O–H groups in total. The van der Waals surface area contributed by atoms with Crippen LogP contribution >= 0.6 is 11.8 Å². The third kappa shape index (κ3) is 4.39. The number of aromatic nitrogens is 3. The third-order valence-corrected chi connectivity index (χ3v) is 5.44. The molecule has 2 aromatic carbocycles. The second-order valence-electron chi connectivity index (χ2n) is 6.73. The number of hydrogen-bond donors (Lipinski definition) is 0. The van der Waals surface area contributed by atoms with Crippen LogP contribution in [0.5, 0.6) is 11.6 Å².